The van der Waals surface area contributed by atoms with Gasteiger partial charge in [-0.25, -0.2) is 4.98 Å². The molecule has 0 unspecified atom stereocenters. The Hall–Kier alpha value is -1.54. The highest BCUT2D eigenvalue weighted by molar-refractivity contribution is 14.1. The fourth-order valence-electron chi connectivity index (χ4n) is 1.49. The number of anilines is 1. The van der Waals surface area contributed by atoms with Crippen LogP contribution in [0, 0.1) is 10.5 Å². The standard InChI is InChI=1S/C14H12IN3OS/c1-9-5-6-10(8-11(9)15)13(19)18-14(20)17-12-4-2-3-7-16-12/h2-8H,1H3,(H2,16,17,18,19,20). The van der Waals surface area contributed by atoms with Crippen molar-refractivity contribution in [3.63, 3.8) is 0 Å². The minimum absolute atomic E-state index is 0.226. The second-order valence-corrected chi connectivity index (χ2v) is 5.66. The molecule has 0 aliphatic heterocycles. The van der Waals surface area contributed by atoms with Crippen LogP contribution in [0.2, 0.25) is 0 Å². The van der Waals surface area contributed by atoms with Crippen molar-refractivity contribution in [3.8, 4) is 0 Å². The van der Waals surface area contributed by atoms with E-state index in [1.165, 1.54) is 0 Å². The SMILES string of the molecule is Cc1ccc(C(=O)NC(=S)Nc2ccccn2)cc1I. The molecule has 1 amide bonds. The molecule has 0 bridgehead atoms. The number of rotatable bonds is 2. The Labute approximate surface area is 136 Å². The molecule has 2 N–H and O–H groups in total. The van der Waals surface area contributed by atoms with Gasteiger partial charge in [-0.2, -0.15) is 0 Å². The number of amides is 1. The average Bonchev–Trinajstić information content (AvgIpc) is 2.42. The fourth-order valence-corrected chi connectivity index (χ4v) is 2.21. The average molecular weight is 397 g/mol. The number of aromatic nitrogens is 1. The molecule has 0 spiro atoms. The van der Waals surface area contributed by atoms with Crippen LogP contribution in [0.5, 0.6) is 0 Å². The van der Waals surface area contributed by atoms with Gasteiger partial charge in [-0.1, -0.05) is 12.1 Å². The predicted octanol–water partition coefficient (Wildman–Crippen LogP) is 3.12. The van der Waals surface area contributed by atoms with Crippen molar-refractivity contribution in [2.24, 2.45) is 0 Å². The monoisotopic (exact) mass is 397 g/mol. The lowest BCUT2D eigenvalue weighted by molar-refractivity contribution is 0.0977. The molecule has 6 heteroatoms. The van der Waals surface area contributed by atoms with Gasteiger partial charge in [0.05, 0.1) is 0 Å². The topological polar surface area (TPSA) is 54.0 Å². The summed E-state index contributed by atoms with van der Waals surface area (Å²) in [5, 5.41) is 5.71. The number of hydrogen-bond donors (Lipinski definition) is 2. The summed E-state index contributed by atoms with van der Waals surface area (Å²) >= 11 is 7.28. The molecule has 1 heterocycles. The highest BCUT2D eigenvalue weighted by Crippen LogP contribution is 2.13. The van der Waals surface area contributed by atoms with Crippen molar-refractivity contribution >= 4 is 51.6 Å². The summed E-state index contributed by atoms with van der Waals surface area (Å²) in [5.41, 5.74) is 1.71. The number of pyridine rings is 1. The van der Waals surface area contributed by atoms with Crippen molar-refractivity contribution in [1.82, 2.24) is 10.3 Å². The van der Waals surface area contributed by atoms with E-state index in [0.717, 1.165) is 9.13 Å². The predicted molar refractivity (Wildman–Crippen MR) is 91.8 cm³/mol. The third-order valence-electron chi connectivity index (χ3n) is 2.57. The van der Waals surface area contributed by atoms with Crippen LogP contribution in [0.1, 0.15) is 15.9 Å². The molecule has 1 aromatic carbocycles. The zero-order valence-electron chi connectivity index (χ0n) is 10.7. The molecule has 0 radical (unpaired) electrons. The Morgan fingerprint density at radius 3 is 2.75 bits per heavy atom. The Morgan fingerprint density at radius 1 is 1.30 bits per heavy atom. The molecule has 20 heavy (non-hydrogen) atoms. The molecular weight excluding hydrogens is 385 g/mol. The van der Waals surface area contributed by atoms with Crippen LogP contribution in [0.15, 0.2) is 42.6 Å². The summed E-state index contributed by atoms with van der Waals surface area (Å²) < 4.78 is 1.04. The van der Waals surface area contributed by atoms with Crippen LogP contribution in [-0.2, 0) is 0 Å². The summed E-state index contributed by atoms with van der Waals surface area (Å²) in [5.74, 6) is 0.354. The van der Waals surface area contributed by atoms with Gasteiger partial charge in [-0.15, -0.1) is 0 Å². The number of thiocarbonyl (C=S) groups is 1. The van der Waals surface area contributed by atoms with Gasteiger partial charge in [0.15, 0.2) is 5.11 Å². The molecule has 102 valence electrons. The number of hydrogen-bond acceptors (Lipinski definition) is 3. The molecule has 2 aromatic rings. The van der Waals surface area contributed by atoms with Gasteiger partial charge >= 0.3 is 0 Å². The minimum atomic E-state index is -0.239. The van der Waals surface area contributed by atoms with E-state index in [4.69, 9.17) is 12.2 Å². The van der Waals surface area contributed by atoms with Crippen molar-refractivity contribution in [3.05, 3.63) is 57.3 Å². The Balaban J connectivity index is 2.00. The third kappa shape index (κ3) is 3.97. The van der Waals surface area contributed by atoms with E-state index in [-0.39, 0.29) is 11.0 Å². The lowest BCUT2D eigenvalue weighted by Crippen LogP contribution is -2.34. The summed E-state index contributed by atoms with van der Waals surface area (Å²) in [7, 11) is 0. The first kappa shape index (κ1) is 14.9. The van der Waals surface area contributed by atoms with E-state index in [9.17, 15) is 4.79 Å². The van der Waals surface area contributed by atoms with E-state index in [1.807, 2.05) is 25.1 Å². The number of carbonyl (C=O) groups is 1. The van der Waals surface area contributed by atoms with Gasteiger partial charge in [0.2, 0.25) is 0 Å². The quantitative estimate of drug-likeness (QED) is 0.604. The molecule has 0 saturated heterocycles. The number of halogens is 1. The molecule has 0 saturated carbocycles. The van der Waals surface area contributed by atoms with Crippen molar-refractivity contribution in [2.75, 3.05) is 5.32 Å². The first-order valence-corrected chi connectivity index (χ1v) is 7.34. The van der Waals surface area contributed by atoms with Crippen LogP contribution >= 0.6 is 34.8 Å². The molecule has 1 aromatic heterocycles. The maximum Gasteiger partial charge on any atom is 0.257 e. The summed E-state index contributed by atoms with van der Waals surface area (Å²) in [6.07, 6.45) is 1.65. The van der Waals surface area contributed by atoms with Gasteiger partial charge in [-0.3, -0.25) is 10.1 Å². The first-order valence-electron chi connectivity index (χ1n) is 5.86. The van der Waals surface area contributed by atoms with Crippen LogP contribution in [0.3, 0.4) is 0 Å². The maximum absolute atomic E-state index is 12.0. The van der Waals surface area contributed by atoms with Crippen molar-refractivity contribution in [1.29, 1.82) is 0 Å². The first-order chi connectivity index (χ1) is 9.56. The molecule has 4 nitrogen and oxygen atoms in total. The van der Waals surface area contributed by atoms with Crippen molar-refractivity contribution < 1.29 is 4.79 Å². The number of aryl methyl sites for hydroxylation is 1. The highest BCUT2D eigenvalue weighted by atomic mass is 127. The molecule has 0 aliphatic rings. The number of carbonyl (C=O) groups excluding carboxylic acids is 1. The van der Waals surface area contributed by atoms with Crippen LogP contribution in [0.25, 0.3) is 0 Å². The van der Waals surface area contributed by atoms with E-state index >= 15 is 0 Å². The van der Waals surface area contributed by atoms with Crippen LogP contribution < -0.4 is 10.6 Å². The van der Waals surface area contributed by atoms with Crippen molar-refractivity contribution in [2.45, 2.75) is 6.92 Å². The Bertz CT molecular complexity index is 646. The zero-order valence-corrected chi connectivity index (χ0v) is 13.7. The number of benzene rings is 1. The third-order valence-corrected chi connectivity index (χ3v) is 3.93. The minimum Gasteiger partial charge on any atom is -0.317 e. The van der Waals surface area contributed by atoms with Crippen LogP contribution in [-0.4, -0.2) is 16.0 Å². The van der Waals surface area contributed by atoms with E-state index < -0.39 is 0 Å². The molecule has 2 rings (SSSR count). The molecule has 0 atom stereocenters. The molecule has 0 aliphatic carbocycles. The number of nitrogens with zero attached hydrogens (tertiary/aromatic N) is 1. The van der Waals surface area contributed by atoms with E-state index in [0.29, 0.717) is 11.4 Å². The van der Waals surface area contributed by atoms with Gasteiger partial charge in [0, 0.05) is 15.3 Å². The summed E-state index contributed by atoms with van der Waals surface area (Å²) in [6.45, 7) is 2.00. The highest BCUT2D eigenvalue weighted by Gasteiger charge is 2.09. The second kappa shape index (κ2) is 6.76. The van der Waals surface area contributed by atoms with Gasteiger partial charge in [0.1, 0.15) is 5.82 Å². The normalized spacial score (nSPS) is 9.90. The fraction of sp³-hybridized carbons (Fsp3) is 0.0714. The van der Waals surface area contributed by atoms with E-state index in [1.54, 1.807) is 24.4 Å². The zero-order chi connectivity index (χ0) is 14.5. The Morgan fingerprint density at radius 2 is 2.10 bits per heavy atom. The number of nitrogens with one attached hydrogen (secondary N) is 2. The van der Waals surface area contributed by atoms with E-state index in [2.05, 4.69) is 38.2 Å². The lowest BCUT2D eigenvalue weighted by atomic mass is 10.1. The second-order valence-electron chi connectivity index (χ2n) is 4.09. The molecule has 0 fully saturated rings. The van der Waals surface area contributed by atoms with Gasteiger partial charge < -0.3 is 5.32 Å². The van der Waals surface area contributed by atoms with Crippen LogP contribution in [0.4, 0.5) is 5.82 Å². The van der Waals surface area contributed by atoms with Gasteiger partial charge in [0.25, 0.3) is 5.91 Å². The summed E-state index contributed by atoms with van der Waals surface area (Å²) in [6, 6.07) is 10.9. The summed E-state index contributed by atoms with van der Waals surface area (Å²) in [4.78, 5) is 16.1. The molecular formula is C14H12IN3OS. The maximum atomic E-state index is 12.0. The van der Waals surface area contributed by atoms with Gasteiger partial charge in [-0.05, 0) is 71.6 Å². The largest absolute Gasteiger partial charge is 0.317 e. The smallest absolute Gasteiger partial charge is 0.257 e. The lowest BCUT2D eigenvalue weighted by Gasteiger charge is -2.09. The Kier molecular flexibility index (Phi) is 5.02.